The van der Waals surface area contributed by atoms with Crippen LogP contribution in [-0.4, -0.2) is 23.3 Å². The monoisotopic (exact) mass is 253 g/mol. The molecule has 1 fully saturated rings. The Labute approximate surface area is 108 Å². The Morgan fingerprint density at radius 3 is 2.72 bits per heavy atom. The third kappa shape index (κ3) is 2.42. The van der Waals surface area contributed by atoms with Gasteiger partial charge in [0, 0.05) is 13.2 Å². The lowest BCUT2D eigenvalue weighted by atomic mass is 9.69. The van der Waals surface area contributed by atoms with Gasteiger partial charge in [-0.2, -0.15) is 4.98 Å². The lowest BCUT2D eigenvalue weighted by Crippen LogP contribution is -2.41. The maximum Gasteiger partial charge on any atom is 0.234 e. The van der Waals surface area contributed by atoms with Gasteiger partial charge in [0.25, 0.3) is 0 Å². The molecule has 2 N–H and O–H groups in total. The maximum absolute atomic E-state index is 5.84. The van der Waals surface area contributed by atoms with Gasteiger partial charge in [-0.05, 0) is 26.2 Å². The molecule has 0 saturated heterocycles. The van der Waals surface area contributed by atoms with Gasteiger partial charge >= 0.3 is 0 Å². The summed E-state index contributed by atoms with van der Waals surface area (Å²) in [5.41, 5.74) is 5.78. The van der Waals surface area contributed by atoms with Crippen molar-refractivity contribution < 1.29 is 9.26 Å². The highest BCUT2D eigenvalue weighted by Gasteiger charge is 2.42. The minimum absolute atomic E-state index is 0.0487. The van der Waals surface area contributed by atoms with Crippen LogP contribution in [-0.2, 0) is 10.2 Å². The zero-order chi connectivity index (χ0) is 13.0. The van der Waals surface area contributed by atoms with E-state index in [-0.39, 0.29) is 11.5 Å². The van der Waals surface area contributed by atoms with Crippen LogP contribution in [0.4, 0.5) is 0 Å². The number of nitrogens with two attached hydrogens (primary N) is 1. The number of aromatic nitrogens is 2. The molecule has 1 unspecified atom stereocenters. The van der Waals surface area contributed by atoms with E-state index in [1.165, 1.54) is 6.42 Å². The van der Waals surface area contributed by atoms with Crippen LogP contribution in [0.3, 0.4) is 0 Å². The molecule has 2 rings (SSSR count). The van der Waals surface area contributed by atoms with Crippen LogP contribution in [0.2, 0.25) is 0 Å². The van der Waals surface area contributed by atoms with Crippen molar-refractivity contribution >= 4 is 0 Å². The van der Waals surface area contributed by atoms with Gasteiger partial charge in [-0.15, -0.1) is 0 Å². The highest BCUT2D eigenvalue weighted by Crippen LogP contribution is 2.42. The number of hydrogen-bond donors (Lipinski definition) is 1. The first-order chi connectivity index (χ1) is 8.75. The van der Waals surface area contributed by atoms with E-state index in [1.54, 1.807) is 0 Å². The molecule has 0 bridgehead atoms. The van der Waals surface area contributed by atoms with Gasteiger partial charge in [-0.1, -0.05) is 24.9 Å². The zero-order valence-electron chi connectivity index (χ0n) is 11.3. The second kappa shape index (κ2) is 5.80. The quantitative estimate of drug-likeness (QED) is 0.807. The average molecular weight is 253 g/mol. The minimum atomic E-state index is -0.0613. The summed E-state index contributed by atoms with van der Waals surface area (Å²) in [5.74, 6) is 1.38. The van der Waals surface area contributed by atoms with Crippen molar-refractivity contribution in [3.63, 3.8) is 0 Å². The van der Waals surface area contributed by atoms with Gasteiger partial charge in [-0.25, -0.2) is 0 Å². The molecule has 1 atom stereocenters. The first-order valence-electron chi connectivity index (χ1n) is 6.91. The molecule has 1 saturated carbocycles. The summed E-state index contributed by atoms with van der Waals surface area (Å²) < 4.78 is 11.1. The molecule has 18 heavy (non-hydrogen) atoms. The van der Waals surface area contributed by atoms with Crippen LogP contribution >= 0.6 is 0 Å². The lowest BCUT2D eigenvalue weighted by Gasteiger charge is -2.36. The molecular weight excluding hydrogens is 230 g/mol. The standard InChI is InChI=1S/C13H23N3O2/c1-3-6-10(17-4-2)11-15-12(18-16-11)13(9-14)7-5-8-13/h10H,3-9,14H2,1-2H3. The third-order valence-corrected chi connectivity index (χ3v) is 3.80. The molecule has 5 heteroatoms. The first-order valence-corrected chi connectivity index (χ1v) is 6.91. The molecular formula is C13H23N3O2. The summed E-state index contributed by atoms with van der Waals surface area (Å²) in [6, 6.07) is 0. The summed E-state index contributed by atoms with van der Waals surface area (Å²) in [6.07, 6.45) is 5.21. The number of rotatable bonds is 7. The molecule has 102 valence electrons. The zero-order valence-corrected chi connectivity index (χ0v) is 11.3. The molecule has 0 aliphatic heterocycles. The Morgan fingerprint density at radius 2 is 2.22 bits per heavy atom. The fourth-order valence-corrected chi connectivity index (χ4v) is 2.44. The Hall–Kier alpha value is -0.940. The van der Waals surface area contributed by atoms with Gasteiger partial charge in [0.15, 0.2) is 0 Å². The van der Waals surface area contributed by atoms with E-state index in [1.807, 2.05) is 6.92 Å². The molecule has 0 amide bonds. The van der Waals surface area contributed by atoms with E-state index in [4.69, 9.17) is 15.0 Å². The highest BCUT2D eigenvalue weighted by molar-refractivity contribution is 5.12. The van der Waals surface area contributed by atoms with Crippen molar-refractivity contribution in [1.29, 1.82) is 0 Å². The maximum atomic E-state index is 5.84. The second-order valence-corrected chi connectivity index (χ2v) is 5.03. The average Bonchev–Trinajstić information content (AvgIpc) is 2.78. The Balaban J connectivity index is 2.12. The van der Waals surface area contributed by atoms with Crippen LogP contribution in [0.1, 0.15) is 63.8 Å². The van der Waals surface area contributed by atoms with Crippen molar-refractivity contribution in [3.8, 4) is 0 Å². The molecule has 0 spiro atoms. The SMILES string of the molecule is CCCC(OCC)c1noc(C2(CN)CCC2)n1. The van der Waals surface area contributed by atoms with Gasteiger partial charge in [0.1, 0.15) is 6.10 Å². The molecule has 0 radical (unpaired) electrons. The number of nitrogens with zero attached hydrogens (tertiary/aromatic N) is 2. The molecule has 1 aromatic rings. The van der Waals surface area contributed by atoms with Gasteiger partial charge in [0.05, 0.1) is 5.41 Å². The van der Waals surface area contributed by atoms with Crippen molar-refractivity contribution in [2.75, 3.05) is 13.2 Å². The summed E-state index contributed by atoms with van der Waals surface area (Å²) in [6.45, 7) is 5.36. The molecule has 1 aliphatic rings. The highest BCUT2D eigenvalue weighted by atomic mass is 16.5. The van der Waals surface area contributed by atoms with Crippen molar-refractivity contribution in [2.24, 2.45) is 5.73 Å². The van der Waals surface area contributed by atoms with E-state index < -0.39 is 0 Å². The summed E-state index contributed by atoms with van der Waals surface area (Å²) in [4.78, 5) is 4.53. The van der Waals surface area contributed by atoms with Crippen LogP contribution in [0.15, 0.2) is 4.52 Å². The fourth-order valence-electron chi connectivity index (χ4n) is 2.44. The van der Waals surface area contributed by atoms with E-state index in [2.05, 4.69) is 17.1 Å². The van der Waals surface area contributed by atoms with Crippen LogP contribution in [0.25, 0.3) is 0 Å². The fraction of sp³-hybridized carbons (Fsp3) is 0.846. The normalized spacial score (nSPS) is 19.5. The van der Waals surface area contributed by atoms with Crippen LogP contribution < -0.4 is 5.73 Å². The topological polar surface area (TPSA) is 74.2 Å². The van der Waals surface area contributed by atoms with Gasteiger partial charge in [0.2, 0.25) is 11.7 Å². The summed E-state index contributed by atoms with van der Waals surface area (Å²) in [7, 11) is 0. The molecule has 1 aliphatic carbocycles. The second-order valence-electron chi connectivity index (χ2n) is 5.03. The van der Waals surface area contributed by atoms with Crippen molar-refractivity contribution in [1.82, 2.24) is 10.1 Å². The predicted octanol–water partition coefficient (Wildman–Crippen LogP) is 2.33. The smallest absolute Gasteiger partial charge is 0.234 e. The van der Waals surface area contributed by atoms with Crippen LogP contribution in [0.5, 0.6) is 0 Å². The largest absolute Gasteiger partial charge is 0.370 e. The summed E-state index contributed by atoms with van der Waals surface area (Å²) in [5, 5.41) is 4.08. The van der Waals surface area contributed by atoms with Crippen molar-refractivity contribution in [3.05, 3.63) is 11.7 Å². The van der Waals surface area contributed by atoms with E-state index >= 15 is 0 Å². The Morgan fingerprint density at radius 1 is 1.44 bits per heavy atom. The molecule has 1 heterocycles. The predicted molar refractivity (Wildman–Crippen MR) is 68.2 cm³/mol. The number of ether oxygens (including phenoxy) is 1. The van der Waals surface area contributed by atoms with Gasteiger partial charge < -0.3 is 15.0 Å². The summed E-state index contributed by atoms with van der Waals surface area (Å²) >= 11 is 0. The first kappa shape index (κ1) is 13.5. The minimum Gasteiger partial charge on any atom is -0.370 e. The Bertz CT molecular complexity index is 363. The van der Waals surface area contributed by atoms with E-state index in [0.717, 1.165) is 25.7 Å². The molecule has 1 aromatic heterocycles. The number of hydrogen-bond acceptors (Lipinski definition) is 5. The Kier molecular flexibility index (Phi) is 4.35. The van der Waals surface area contributed by atoms with Gasteiger partial charge in [-0.3, -0.25) is 0 Å². The lowest BCUT2D eigenvalue weighted by molar-refractivity contribution is 0.0477. The van der Waals surface area contributed by atoms with E-state index in [9.17, 15) is 0 Å². The molecule has 0 aromatic carbocycles. The van der Waals surface area contributed by atoms with E-state index in [0.29, 0.717) is 24.9 Å². The van der Waals surface area contributed by atoms with Crippen molar-refractivity contribution in [2.45, 2.75) is 57.5 Å². The molecule has 5 nitrogen and oxygen atoms in total. The third-order valence-electron chi connectivity index (χ3n) is 3.80. The van der Waals surface area contributed by atoms with Crippen LogP contribution in [0, 0.1) is 0 Å².